The molecule has 0 saturated carbocycles. The molecule has 2 aromatic heterocycles. The second-order valence-electron chi connectivity index (χ2n) is 8.93. The summed E-state index contributed by atoms with van der Waals surface area (Å²) in [6.07, 6.45) is 5.12. The van der Waals surface area contributed by atoms with Gasteiger partial charge in [-0.3, -0.25) is 14.6 Å². The number of likely N-dealkylation sites (tertiary alicyclic amines) is 1. The highest BCUT2D eigenvalue weighted by Gasteiger charge is 2.42. The number of aromatic nitrogens is 3. The summed E-state index contributed by atoms with van der Waals surface area (Å²) in [5.41, 5.74) is 3.44. The fraction of sp³-hybridized carbons (Fsp3) is 0.308. The van der Waals surface area contributed by atoms with Gasteiger partial charge in [-0.05, 0) is 48.2 Å². The van der Waals surface area contributed by atoms with E-state index in [-0.39, 0.29) is 11.5 Å². The summed E-state index contributed by atoms with van der Waals surface area (Å²) in [5.74, 6) is -0.719. The predicted molar refractivity (Wildman–Crippen MR) is 127 cm³/mol. The molecule has 6 rings (SSSR count). The first-order valence-corrected chi connectivity index (χ1v) is 11.5. The molecule has 34 heavy (non-hydrogen) atoms. The van der Waals surface area contributed by atoms with E-state index in [4.69, 9.17) is 14.5 Å². The van der Waals surface area contributed by atoms with Crippen LogP contribution in [0.2, 0.25) is 0 Å². The maximum absolute atomic E-state index is 13.3. The van der Waals surface area contributed by atoms with Crippen LogP contribution in [0, 0.1) is 0 Å². The lowest BCUT2D eigenvalue weighted by Crippen LogP contribution is -2.51. The number of carbonyl (C=O) groups excluding carboxylic acids is 1. The van der Waals surface area contributed by atoms with Crippen molar-refractivity contribution in [3.63, 3.8) is 0 Å². The monoisotopic (exact) mass is 456 g/mol. The Hall–Kier alpha value is -3.62. The minimum absolute atomic E-state index is 0.0373. The number of nitrogens with zero attached hydrogens (tertiary/aromatic N) is 4. The first-order valence-electron chi connectivity index (χ1n) is 11.5. The van der Waals surface area contributed by atoms with Gasteiger partial charge < -0.3 is 18.9 Å². The fourth-order valence-corrected chi connectivity index (χ4v) is 4.86. The second-order valence-corrected chi connectivity index (χ2v) is 8.93. The molecule has 2 fully saturated rings. The quantitative estimate of drug-likeness (QED) is 0.461. The van der Waals surface area contributed by atoms with Gasteiger partial charge in [0.15, 0.2) is 5.79 Å². The number of hydrogen-bond donors (Lipinski definition) is 0. The molecule has 4 heterocycles. The minimum Gasteiger partial charge on any atom is -0.346 e. The molecule has 0 radical (unpaired) electrons. The summed E-state index contributed by atoms with van der Waals surface area (Å²) < 4.78 is 13.2. The van der Waals surface area contributed by atoms with Crippen LogP contribution in [-0.2, 0) is 16.5 Å². The predicted octanol–water partition coefficient (Wildman–Crippen LogP) is 3.13. The van der Waals surface area contributed by atoms with E-state index in [0.717, 1.165) is 23.8 Å². The largest absolute Gasteiger partial charge is 0.346 e. The summed E-state index contributed by atoms with van der Waals surface area (Å²) in [5, 5.41) is 1.51. The lowest BCUT2D eigenvalue weighted by molar-refractivity contribution is -0.183. The zero-order valence-corrected chi connectivity index (χ0v) is 18.9. The summed E-state index contributed by atoms with van der Waals surface area (Å²) in [7, 11) is 1.74. The van der Waals surface area contributed by atoms with E-state index in [2.05, 4.69) is 4.98 Å². The highest BCUT2D eigenvalue weighted by molar-refractivity contribution is 5.97. The lowest BCUT2D eigenvalue weighted by Gasteiger charge is -2.38. The van der Waals surface area contributed by atoms with Crippen LogP contribution in [0.15, 0.2) is 59.7 Å². The van der Waals surface area contributed by atoms with Crippen LogP contribution < -0.4 is 5.56 Å². The molecular formula is C26H24N4O4. The van der Waals surface area contributed by atoms with Crippen molar-refractivity contribution in [3.8, 4) is 11.3 Å². The van der Waals surface area contributed by atoms with Crippen molar-refractivity contribution in [1.29, 1.82) is 0 Å². The Morgan fingerprint density at radius 2 is 1.91 bits per heavy atom. The lowest BCUT2D eigenvalue weighted by atomic mass is 10.0. The number of amides is 1. The molecule has 8 nitrogen and oxygen atoms in total. The number of aryl methyl sites for hydroxylation is 1. The highest BCUT2D eigenvalue weighted by Crippen LogP contribution is 2.31. The second kappa shape index (κ2) is 8.00. The van der Waals surface area contributed by atoms with Crippen molar-refractivity contribution in [2.45, 2.75) is 18.6 Å². The molecule has 2 aromatic carbocycles. The molecule has 1 spiro atoms. The number of hydrogen-bond acceptors (Lipinski definition) is 6. The summed E-state index contributed by atoms with van der Waals surface area (Å²) in [6, 6.07) is 13.0. The third kappa shape index (κ3) is 3.55. The van der Waals surface area contributed by atoms with Crippen molar-refractivity contribution >= 4 is 27.7 Å². The van der Waals surface area contributed by atoms with Crippen LogP contribution in [0.1, 0.15) is 23.2 Å². The number of carbonyl (C=O) groups is 1. The van der Waals surface area contributed by atoms with Gasteiger partial charge in [0.2, 0.25) is 0 Å². The van der Waals surface area contributed by atoms with E-state index in [1.54, 1.807) is 41.0 Å². The molecule has 0 unspecified atom stereocenters. The van der Waals surface area contributed by atoms with E-state index in [9.17, 15) is 9.59 Å². The molecule has 0 bridgehead atoms. The molecule has 0 N–H and O–H groups in total. The zero-order chi connectivity index (χ0) is 23.3. The Bertz CT molecular complexity index is 1490. The Kier molecular flexibility index (Phi) is 4.93. The van der Waals surface area contributed by atoms with E-state index in [0.29, 0.717) is 54.0 Å². The van der Waals surface area contributed by atoms with Crippen LogP contribution in [-0.4, -0.2) is 57.4 Å². The van der Waals surface area contributed by atoms with E-state index < -0.39 is 5.79 Å². The molecule has 0 aliphatic carbocycles. The molecule has 2 saturated heterocycles. The number of piperidine rings is 1. The molecule has 2 aliphatic heterocycles. The van der Waals surface area contributed by atoms with Gasteiger partial charge >= 0.3 is 0 Å². The van der Waals surface area contributed by atoms with Crippen LogP contribution in [0.5, 0.6) is 0 Å². The Labute approximate surface area is 195 Å². The van der Waals surface area contributed by atoms with Crippen molar-refractivity contribution in [2.24, 2.45) is 7.05 Å². The summed E-state index contributed by atoms with van der Waals surface area (Å²) in [4.78, 5) is 36.8. The van der Waals surface area contributed by atoms with Crippen molar-refractivity contribution < 1.29 is 14.3 Å². The third-order valence-electron chi connectivity index (χ3n) is 6.68. The number of rotatable bonds is 2. The van der Waals surface area contributed by atoms with Gasteiger partial charge in [0.25, 0.3) is 11.5 Å². The smallest absolute Gasteiger partial charge is 0.258 e. The SMILES string of the molecule is Cn1ccc2cc(-c3cnc4ccc(C(=O)N5CCCC6(C5)OCCO6)cc4n3)ccc2c1=O. The average molecular weight is 457 g/mol. The summed E-state index contributed by atoms with van der Waals surface area (Å²) >= 11 is 0. The van der Waals surface area contributed by atoms with Gasteiger partial charge in [-0.15, -0.1) is 0 Å². The van der Waals surface area contributed by atoms with Crippen molar-refractivity contribution in [1.82, 2.24) is 19.4 Å². The van der Waals surface area contributed by atoms with Gasteiger partial charge in [-0.1, -0.05) is 6.07 Å². The van der Waals surface area contributed by atoms with Crippen molar-refractivity contribution in [2.75, 3.05) is 26.3 Å². The summed E-state index contributed by atoms with van der Waals surface area (Å²) in [6.45, 7) is 2.25. The number of ether oxygens (including phenoxy) is 2. The molecular weight excluding hydrogens is 432 g/mol. The topological polar surface area (TPSA) is 86.6 Å². The zero-order valence-electron chi connectivity index (χ0n) is 18.9. The van der Waals surface area contributed by atoms with Gasteiger partial charge in [-0.25, -0.2) is 4.98 Å². The van der Waals surface area contributed by atoms with Gasteiger partial charge in [0.05, 0.1) is 42.7 Å². The maximum Gasteiger partial charge on any atom is 0.258 e. The molecule has 1 amide bonds. The normalized spacial score (nSPS) is 17.6. The Morgan fingerprint density at radius 1 is 1.06 bits per heavy atom. The number of benzene rings is 2. The molecule has 4 aromatic rings. The Morgan fingerprint density at radius 3 is 2.76 bits per heavy atom. The maximum atomic E-state index is 13.3. The average Bonchev–Trinajstić information content (AvgIpc) is 3.32. The first-order chi connectivity index (χ1) is 16.5. The van der Waals surface area contributed by atoms with Crippen LogP contribution in [0.4, 0.5) is 0 Å². The van der Waals surface area contributed by atoms with E-state index in [1.165, 1.54) is 0 Å². The minimum atomic E-state index is -0.658. The third-order valence-corrected chi connectivity index (χ3v) is 6.68. The number of fused-ring (bicyclic) bond motifs is 2. The van der Waals surface area contributed by atoms with Crippen LogP contribution in [0.3, 0.4) is 0 Å². The Balaban J connectivity index is 1.33. The van der Waals surface area contributed by atoms with Gasteiger partial charge in [-0.2, -0.15) is 0 Å². The fourth-order valence-electron chi connectivity index (χ4n) is 4.86. The van der Waals surface area contributed by atoms with Crippen LogP contribution in [0.25, 0.3) is 33.1 Å². The molecule has 8 heteroatoms. The van der Waals surface area contributed by atoms with E-state index in [1.807, 2.05) is 30.3 Å². The highest BCUT2D eigenvalue weighted by atomic mass is 16.7. The van der Waals surface area contributed by atoms with Crippen molar-refractivity contribution in [3.05, 3.63) is 70.8 Å². The molecule has 172 valence electrons. The van der Waals surface area contributed by atoms with Crippen LogP contribution >= 0.6 is 0 Å². The first kappa shape index (κ1) is 20.9. The molecule has 2 aliphatic rings. The number of pyridine rings is 1. The molecule has 0 atom stereocenters. The van der Waals surface area contributed by atoms with Gasteiger partial charge in [0.1, 0.15) is 0 Å². The van der Waals surface area contributed by atoms with E-state index >= 15 is 0 Å². The standard InChI is InChI=1S/C26H24N4O4/c1-29-10-7-17-13-18(3-5-20(17)25(29)32)23-15-27-21-6-4-19(14-22(21)28-23)24(31)30-9-2-8-26(16-30)33-11-12-34-26/h3-7,10,13-15H,2,8-9,11-12,16H2,1H3. The van der Waals surface area contributed by atoms with Gasteiger partial charge in [0, 0.05) is 42.7 Å².